The topological polar surface area (TPSA) is 26.3 Å². The molecule has 1 saturated carbocycles. The van der Waals surface area contributed by atoms with E-state index in [1.807, 2.05) is 0 Å². The van der Waals surface area contributed by atoms with Crippen molar-refractivity contribution in [2.24, 2.45) is 5.92 Å². The SMILES string of the molecule is O=C(CC1CC1)C1CCCCO1. The van der Waals surface area contributed by atoms with Crippen LogP contribution in [-0.4, -0.2) is 18.5 Å². The lowest BCUT2D eigenvalue weighted by molar-refractivity contribution is -0.133. The molecule has 0 aromatic carbocycles. The third-order valence-corrected chi connectivity index (χ3v) is 2.73. The number of hydrogen-bond donors (Lipinski definition) is 0. The highest BCUT2D eigenvalue weighted by Gasteiger charge is 2.29. The fourth-order valence-electron chi connectivity index (χ4n) is 1.73. The van der Waals surface area contributed by atoms with Gasteiger partial charge in [0.2, 0.25) is 0 Å². The highest BCUT2D eigenvalue weighted by atomic mass is 16.5. The minimum absolute atomic E-state index is 0.0423. The molecule has 0 aromatic heterocycles. The van der Waals surface area contributed by atoms with Crippen molar-refractivity contribution in [2.45, 2.75) is 44.6 Å². The standard InChI is InChI=1S/C10H16O2/c11-9(7-8-4-5-8)10-3-1-2-6-12-10/h8,10H,1-7H2. The Balaban J connectivity index is 1.76. The molecule has 0 amide bonds. The maximum atomic E-state index is 11.5. The Hall–Kier alpha value is -0.370. The van der Waals surface area contributed by atoms with Gasteiger partial charge < -0.3 is 4.74 Å². The van der Waals surface area contributed by atoms with Crippen LogP contribution >= 0.6 is 0 Å². The number of rotatable bonds is 3. The zero-order valence-corrected chi connectivity index (χ0v) is 7.42. The monoisotopic (exact) mass is 168 g/mol. The van der Waals surface area contributed by atoms with E-state index in [1.54, 1.807) is 0 Å². The maximum absolute atomic E-state index is 11.5. The van der Waals surface area contributed by atoms with Crippen LogP contribution in [0.15, 0.2) is 0 Å². The van der Waals surface area contributed by atoms with Gasteiger partial charge in [0.1, 0.15) is 6.10 Å². The third kappa shape index (κ3) is 2.07. The Morgan fingerprint density at radius 2 is 2.08 bits per heavy atom. The molecule has 0 aromatic rings. The Bertz CT molecular complexity index is 167. The van der Waals surface area contributed by atoms with E-state index < -0.39 is 0 Å². The average Bonchev–Trinajstić information content (AvgIpc) is 2.90. The van der Waals surface area contributed by atoms with Gasteiger partial charge in [-0.25, -0.2) is 0 Å². The molecular formula is C10H16O2. The minimum Gasteiger partial charge on any atom is -0.370 e. The summed E-state index contributed by atoms with van der Waals surface area (Å²) in [5.74, 6) is 1.07. The van der Waals surface area contributed by atoms with Crippen molar-refractivity contribution in [2.75, 3.05) is 6.61 Å². The van der Waals surface area contributed by atoms with E-state index in [2.05, 4.69) is 0 Å². The summed E-state index contributed by atoms with van der Waals surface area (Å²) in [7, 11) is 0. The zero-order valence-electron chi connectivity index (χ0n) is 7.42. The summed E-state index contributed by atoms with van der Waals surface area (Å²) < 4.78 is 5.42. The quantitative estimate of drug-likeness (QED) is 0.643. The van der Waals surface area contributed by atoms with Crippen LogP contribution in [0.4, 0.5) is 0 Å². The number of hydrogen-bond acceptors (Lipinski definition) is 2. The van der Waals surface area contributed by atoms with Crippen LogP contribution in [0.2, 0.25) is 0 Å². The smallest absolute Gasteiger partial charge is 0.161 e. The first-order chi connectivity index (χ1) is 5.86. The molecule has 2 nitrogen and oxygen atoms in total. The molecule has 12 heavy (non-hydrogen) atoms. The van der Waals surface area contributed by atoms with Gasteiger partial charge in [0.15, 0.2) is 5.78 Å². The van der Waals surface area contributed by atoms with Crippen LogP contribution in [0.5, 0.6) is 0 Å². The largest absolute Gasteiger partial charge is 0.370 e. The number of ketones is 1. The van der Waals surface area contributed by atoms with Gasteiger partial charge in [0.25, 0.3) is 0 Å². The minimum atomic E-state index is -0.0423. The molecule has 0 N–H and O–H groups in total. The van der Waals surface area contributed by atoms with Crippen LogP contribution < -0.4 is 0 Å². The van der Waals surface area contributed by atoms with E-state index in [1.165, 1.54) is 19.3 Å². The van der Waals surface area contributed by atoms with E-state index in [9.17, 15) is 4.79 Å². The number of ether oxygens (including phenoxy) is 1. The second kappa shape index (κ2) is 3.56. The van der Waals surface area contributed by atoms with Gasteiger partial charge in [-0.15, -0.1) is 0 Å². The fraction of sp³-hybridized carbons (Fsp3) is 0.900. The van der Waals surface area contributed by atoms with Gasteiger partial charge in [-0.3, -0.25) is 4.79 Å². The molecule has 68 valence electrons. The summed E-state index contributed by atoms with van der Waals surface area (Å²) >= 11 is 0. The van der Waals surface area contributed by atoms with Crippen molar-refractivity contribution in [3.05, 3.63) is 0 Å². The normalized spacial score (nSPS) is 30.2. The molecule has 2 heteroatoms. The predicted octanol–water partition coefficient (Wildman–Crippen LogP) is 1.92. The number of carbonyl (C=O) groups is 1. The Morgan fingerprint density at radius 1 is 1.25 bits per heavy atom. The van der Waals surface area contributed by atoms with E-state index >= 15 is 0 Å². The molecule has 0 radical (unpaired) electrons. The van der Waals surface area contributed by atoms with Crippen molar-refractivity contribution in [1.29, 1.82) is 0 Å². The maximum Gasteiger partial charge on any atom is 0.161 e. The fourth-order valence-corrected chi connectivity index (χ4v) is 1.73. The van der Waals surface area contributed by atoms with E-state index in [0.29, 0.717) is 11.7 Å². The molecule has 0 spiro atoms. The summed E-state index contributed by atoms with van der Waals surface area (Å²) in [6.07, 6.45) is 6.53. The first-order valence-electron chi connectivity index (χ1n) is 5.00. The van der Waals surface area contributed by atoms with Gasteiger partial charge in [0.05, 0.1) is 0 Å². The van der Waals surface area contributed by atoms with Crippen LogP contribution in [-0.2, 0) is 9.53 Å². The second-order valence-electron chi connectivity index (χ2n) is 3.97. The summed E-state index contributed by atoms with van der Waals surface area (Å²) in [4.78, 5) is 11.5. The van der Waals surface area contributed by atoms with Crippen LogP contribution in [0.3, 0.4) is 0 Å². The predicted molar refractivity (Wildman–Crippen MR) is 45.9 cm³/mol. The molecule has 2 rings (SSSR count). The molecular weight excluding hydrogens is 152 g/mol. The molecule has 0 bridgehead atoms. The van der Waals surface area contributed by atoms with Gasteiger partial charge in [-0.1, -0.05) is 0 Å². The molecule has 1 aliphatic heterocycles. The molecule has 1 unspecified atom stereocenters. The molecule has 1 heterocycles. The van der Waals surface area contributed by atoms with E-state index in [4.69, 9.17) is 4.74 Å². The highest BCUT2D eigenvalue weighted by Crippen LogP contribution is 2.33. The molecule has 2 aliphatic rings. The van der Waals surface area contributed by atoms with Crippen LogP contribution in [0.1, 0.15) is 38.5 Å². The van der Waals surface area contributed by atoms with E-state index in [0.717, 1.165) is 25.9 Å². The number of carbonyl (C=O) groups excluding carboxylic acids is 1. The summed E-state index contributed by atoms with van der Waals surface area (Å²) in [6.45, 7) is 0.793. The van der Waals surface area contributed by atoms with Gasteiger partial charge in [-0.05, 0) is 38.0 Å². The number of Topliss-reactive ketones (excluding diaryl/α,β-unsaturated/α-hetero) is 1. The lowest BCUT2D eigenvalue weighted by Gasteiger charge is -2.21. The highest BCUT2D eigenvalue weighted by molar-refractivity contribution is 5.83. The summed E-state index contributed by atoms with van der Waals surface area (Å²) in [6, 6.07) is 0. The lowest BCUT2D eigenvalue weighted by Crippen LogP contribution is -2.28. The van der Waals surface area contributed by atoms with Crippen LogP contribution in [0, 0.1) is 5.92 Å². The van der Waals surface area contributed by atoms with Crippen LogP contribution in [0.25, 0.3) is 0 Å². The van der Waals surface area contributed by atoms with Crippen molar-refractivity contribution >= 4 is 5.78 Å². The lowest BCUT2D eigenvalue weighted by atomic mass is 10.0. The molecule has 1 atom stereocenters. The Kier molecular flexibility index (Phi) is 2.45. The van der Waals surface area contributed by atoms with Crippen molar-refractivity contribution in [1.82, 2.24) is 0 Å². The van der Waals surface area contributed by atoms with Gasteiger partial charge in [-0.2, -0.15) is 0 Å². The molecule has 1 saturated heterocycles. The first-order valence-corrected chi connectivity index (χ1v) is 5.00. The zero-order chi connectivity index (χ0) is 8.39. The van der Waals surface area contributed by atoms with Gasteiger partial charge >= 0.3 is 0 Å². The summed E-state index contributed by atoms with van der Waals surface area (Å²) in [5.41, 5.74) is 0. The van der Waals surface area contributed by atoms with Gasteiger partial charge in [0, 0.05) is 13.0 Å². The first kappa shape index (κ1) is 8.24. The molecule has 2 fully saturated rings. The second-order valence-corrected chi connectivity index (χ2v) is 3.97. The average molecular weight is 168 g/mol. The van der Waals surface area contributed by atoms with Crippen molar-refractivity contribution < 1.29 is 9.53 Å². The van der Waals surface area contributed by atoms with E-state index in [-0.39, 0.29) is 6.10 Å². The Labute approximate surface area is 73.3 Å². The Morgan fingerprint density at radius 3 is 2.67 bits per heavy atom. The van der Waals surface area contributed by atoms with Crippen molar-refractivity contribution in [3.63, 3.8) is 0 Å². The van der Waals surface area contributed by atoms with Crippen molar-refractivity contribution in [3.8, 4) is 0 Å². The third-order valence-electron chi connectivity index (χ3n) is 2.73. The summed E-state index contributed by atoms with van der Waals surface area (Å²) in [5, 5.41) is 0. The molecule has 1 aliphatic carbocycles.